The number of thiazole rings is 1. The van der Waals surface area contributed by atoms with Crippen molar-refractivity contribution in [3.8, 4) is 22.8 Å². The van der Waals surface area contributed by atoms with Gasteiger partial charge in [0.1, 0.15) is 17.0 Å². The lowest BCUT2D eigenvalue weighted by atomic mass is 9.94. The Balaban J connectivity index is 1.36. The number of hydrogen-bond acceptors (Lipinski definition) is 10. The maximum atomic E-state index is 13.9. The van der Waals surface area contributed by atoms with E-state index < -0.39 is 5.54 Å². The predicted molar refractivity (Wildman–Crippen MR) is 150 cm³/mol. The van der Waals surface area contributed by atoms with E-state index in [0.717, 1.165) is 29.1 Å². The monoisotopic (exact) mass is 552 g/mol. The lowest BCUT2D eigenvalue weighted by molar-refractivity contribution is 0.0735. The largest absolute Gasteiger partial charge is 0.417 e. The van der Waals surface area contributed by atoms with Gasteiger partial charge in [0, 0.05) is 41.1 Å². The number of carbonyl (C=O) groups excluding carboxylic acids is 1. The summed E-state index contributed by atoms with van der Waals surface area (Å²) in [6, 6.07) is 13.3. The molecule has 1 saturated heterocycles. The minimum atomic E-state index is -0.898. The van der Waals surface area contributed by atoms with Gasteiger partial charge in [0.15, 0.2) is 0 Å². The molecule has 6 rings (SSSR count). The molecule has 10 nitrogen and oxygen atoms in total. The van der Waals surface area contributed by atoms with Gasteiger partial charge in [0.2, 0.25) is 5.89 Å². The number of pyridine rings is 1. The van der Waals surface area contributed by atoms with Crippen molar-refractivity contribution in [2.45, 2.75) is 44.7 Å². The average Bonchev–Trinajstić information content (AvgIpc) is 3.74. The number of aromatic nitrogens is 6. The number of aryl methyl sites for hydroxylation is 1. The zero-order chi connectivity index (χ0) is 27.7. The van der Waals surface area contributed by atoms with Crippen molar-refractivity contribution in [3.63, 3.8) is 0 Å². The van der Waals surface area contributed by atoms with Gasteiger partial charge >= 0.3 is 0 Å². The van der Waals surface area contributed by atoms with Gasteiger partial charge in [-0.1, -0.05) is 30.3 Å². The van der Waals surface area contributed by atoms with Crippen LogP contribution < -0.4 is 5.73 Å². The van der Waals surface area contributed by atoms with Crippen LogP contribution in [0.15, 0.2) is 71.0 Å². The molecule has 1 amide bonds. The molecular weight excluding hydrogens is 524 g/mol. The highest BCUT2D eigenvalue weighted by atomic mass is 32.1. The summed E-state index contributed by atoms with van der Waals surface area (Å²) in [5.41, 5.74) is 9.77. The van der Waals surface area contributed by atoms with E-state index in [2.05, 4.69) is 25.1 Å². The highest BCUT2D eigenvalue weighted by Gasteiger charge is 2.34. The van der Waals surface area contributed by atoms with Gasteiger partial charge in [-0.05, 0) is 50.8 Å². The summed E-state index contributed by atoms with van der Waals surface area (Å²) >= 11 is 1.59. The van der Waals surface area contributed by atoms with Crippen LogP contribution in [0.3, 0.4) is 0 Å². The van der Waals surface area contributed by atoms with Gasteiger partial charge in [-0.15, -0.1) is 21.5 Å². The molecule has 0 spiro atoms. The predicted octanol–water partition coefficient (Wildman–Crippen LogP) is 4.75. The summed E-state index contributed by atoms with van der Waals surface area (Å²) < 4.78 is 6.08. The quantitative estimate of drug-likeness (QED) is 0.303. The van der Waals surface area contributed by atoms with Crippen molar-refractivity contribution in [1.82, 2.24) is 35.0 Å². The number of likely N-dealkylation sites (tertiary alicyclic amines) is 1. The standard InChI is InChI=1S/C29H28N8O2S/c1-18-16-40-26(33-18)24-9-6-10-37(24)27(38)20-11-22(21-14-31-17-32-15-21)34-23(12-20)25-35-36-28(39-25)29(2,30)13-19-7-4-3-5-8-19/h3-5,7-8,11-12,14-17,24H,6,9-10,13,30H2,1-2H3/t24-,29-/m1/s1. The van der Waals surface area contributed by atoms with Crippen LogP contribution in [0.25, 0.3) is 22.8 Å². The fraction of sp³-hybridized carbons (Fsp3) is 0.276. The lowest BCUT2D eigenvalue weighted by Crippen LogP contribution is -2.35. The number of amides is 1. The number of hydrogen-bond donors (Lipinski definition) is 1. The summed E-state index contributed by atoms with van der Waals surface area (Å²) in [4.78, 5) is 33.5. The Labute approximate surface area is 235 Å². The Morgan fingerprint density at radius 3 is 2.65 bits per heavy atom. The molecule has 0 saturated carbocycles. The normalized spacial score (nSPS) is 16.7. The van der Waals surface area contributed by atoms with Gasteiger partial charge in [0.25, 0.3) is 11.8 Å². The second-order valence-electron chi connectivity index (χ2n) is 10.2. The third-order valence-corrected chi connectivity index (χ3v) is 7.97. The van der Waals surface area contributed by atoms with Crippen molar-refractivity contribution in [1.29, 1.82) is 0 Å². The van der Waals surface area contributed by atoms with Gasteiger partial charge in [-0.3, -0.25) is 4.79 Å². The first-order valence-corrected chi connectivity index (χ1v) is 13.9. The number of rotatable bonds is 7. The maximum Gasteiger partial charge on any atom is 0.266 e. The smallest absolute Gasteiger partial charge is 0.266 e. The topological polar surface area (TPSA) is 137 Å². The summed E-state index contributed by atoms with van der Waals surface area (Å²) in [5, 5.41) is 11.5. The van der Waals surface area contributed by atoms with Crippen LogP contribution in [0.5, 0.6) is 0 Å². The molecule has 0 radical (unpaired) electrons. The first-order chi connectivity index (χ1) is 19.4. The fourth-order valence-corrected chi connectivity index (χ4v) is 5.90. The Bertz CT molecular complexity index is 1630. The molecule has 5 aromatic rings. The number of nitrogens with zero attached hydrogens (tertiary/aromatic N) is 7. The van der Waals surface area contributed by atoms with E-state index in [0.29, 0.717) is 35.5 Å². The van der Waals surface area contributed by atoms with Gasteiger partial charge in [0.05, 0.1) is 17.3 Å². The molecule has 1 aliphatic rings. The summed E-state index contributed by atoms with van der Waals surface area (Å²) in [6.45, 7) is 4.47. The first kappa shape index (κ1) is 25.9. The van der Waals surface area contributed by atoms with Crippen molar-refractivity contribution in [2.24, 2.45) is 5.73 Å². The van der Waals surface area contributed by atoms with Crippen LogP contribution in [0.1, 0.15) is 58.3 Å². The molecule has 2 atom stereocenters. The fourth-order valence-electron chi connectivity index (χ4n) is 4.95. The van der Waals surface area contributed by atoms with Gasteiger partial charge in [-0.2, -0.15) is 0 Å². The molecule has 0 aliphatic carbocycles. The van der Waals surface area contributed by atoms with Crippen molar-refractivity contribution in [2.75, 3.05) is 6.54 Å². The van der Waals surface area contributed by atoms with E-state index in [1.54, 1.807) is 35.9 Å². The summed E-state index contributed by atoms with van der Waals surface area (Å²) in [7, 11) is 0. The van der Waals surface area contributed by atoms with Crippen LogP contribution in [0.2, 0.25) is 0 Å². The highest BCUT2D eigenvalue weighted by Crippen LogP contribution is 2.36. The molecule has 40 heavy (non-hydrogen) atoms. The zero-order valence-electron chi connectivity index (χ0n) is 22.2. The Hall–Kier alpha value is -4.35. The van der Waals surface area contributed by atoms with E-state index >= 15 is 0 Å². The first-order valence-electron chi connectivity index (χ1n) is 13.0. The van der Waals surface area contributed by atoms with E-state index in [1.807, 2.05) is 54.5 Å². The van der Waals surface area contributed by atoms with Crippen molar-refractivity contribution >= 4 is 17.2 Å². The van der Waals surface area contributed by atoms with Crippen molar-refractivity contribution in [3.05, 3.63) is 94.3 Å². The van der Waals surface area contributed by atoms with E-state index in [1.165, 1.54) is 6.33 Å². The number of benzene rings is 1. The third-order valence-electron chi connectivity index (χ3n) is 6.91. The van der Waals surface area contributed by atoms with Crippen LogP contribution in [-0.4, -0.2) is 47.5 Å². The Morgan fingerprint density at radius 2 is 1.90 bits per heavy atom. The number of nitrogens with two attached hydrogens (primary N) is 1. The van der Waals surface area contributed by atoms with E-state index in [9.17, 15) is 4.79 Å². The Morgan fingerprint density at radius 1 is 1.12 bits per heavy atom. The summed E-state index contributed by atoms with van der Waals surface area (Å²) in [6.07, 6.45) is 7.06. The maximum absolute atomic E-state index is 13.9. The molecule has 1 aromatic carbocycles. The van der Waals surface area contributed by atoms with Gasteiger partial charge < -0.3 is 15.1 Å². The molecule has 202 valence electrons. The molecular formula is C29H28N8O2S. The van der Waals surface area contributed by atoms with Crippen LogP contribution in [0, 0.1) is 6.92 Å². The van der Waals surface area contributed by atoms with Crippen molar-refractivity contribution < 1.29 is 9.21 Å². The van der Waals surface area contributed by atoms with Gasteiger partial charge in [-0.25, -0.2) is 19.9 Å². The SMILES string of the molecule is Cc1csc([C@H]2CCCN2C(=O)c2cc(-c3cncnc3)nc(-c3nnc([C@](C)(N)Cc4ccccc4)o3)c2)n1. The van der Waals surface area contributed by atoms with E-state index in [-0.39, 0.29) is 23.7 Å². The molecule has 0 bridgehead atoms. The zero-order valence-corrected chi connectivity index (χ0v) is 23.0. The minimum Gasteiger partial charge on any atom is -0.417 e. The second kappa shape index (κ2) is 10.7. The third kappa shape index (κ3) is 5.25. The molecule has 1 fully saturated rings. The molecule has 0 unspecified atom stereocenters. The summed E-state index contributed by atoms with van der Waals surface area (Å²) in [5.74, 6) is 0.360. The Kier molecular flexibility index (Phi) is 6.91. The van der Waals surface area contributed by atoms with E-state index in [4.69, 9.17) is 15.1 Å². The molecule has 5 heterocycles. The highest BCUT2D eigenvalue weighted by molar-refractivity contribution is 7.09. The molecule has 2 N–H and O–H groups in total. The molecule has 1 aliphatic heterocycles. The molecule has 11 heteroatoms. The number of carbonyl (C=O) groups is 1. The van der Waals surface area contributed by atoms with Crippen LogP contribution in [-0.2, 0) is 12.0 Å². The minimum absolute atomic E-state index is 0.0581. The van der Waals surface area contributed by atoms with Crippen LogP contribution >= 0.6 is 11.3 Å². The molecule has 4 aromatic heterocycles. The average molecular weight is 553 g/mol. The lowest BCUT2D eigenvalue weighted by Gasteiger charge is -2.23. The van der Waals surface area contributed by atoms with Crippen LogP contribution in [0.4, 0.5) is 0 Å². The second-order valence-corrected chi connectivity index (χ2v) is 11.1.